The lowest BCUT2D eigenvalue weighted by molar-refractivity contribution is -0.114. The SMILES string of the molecule is CC(=O)Nc1ccccc1OCC1(CBr)CCCCCC1. The number of para-hydroxylation sites is 2. The number of hydrogen-bond donors (Lipinski definition) is 1. The van der Waals surface area contributed by atoms with Crippen LogP contribution in [0.2, 0.25) is 0 Å². The molecule has 1 aromatic rings. The summed E-state index contributed by atoms with van der Waals surface area (Å²) in [4.78, 5) is 11.3. The lowest BCUT2D eigenvalue weighted by Gasteiger charge is -2.31. The van der Waals surface area contributed by atoms with Crippen LogP contribution >= 0.6 is 15.9 Å². The van der Waals surface area contributed by atoms with Crippen molar-refractivity contribution in [2.45, 2.75) is 45.4 Å². The maximum Gasteiger partial charge on any atom is 0.221 e. The van der Waals surface area contributed by atoms with E-state index >= 15 is 0 Å². The number of nitrogens with one attached hydrogen (secondary N) is 1. The summed E-state index contributed by atoms with van der Waals surface area (Å²) >= 11 is 3.69. The van der Waals surface area contributed by atoms with E-state index in [4.69, 9.17) is 4.74 Å². The van der Waals surface area contributed by atoms with Crippen molar-refractivity contribution in [3.63, 3.8) is 0 Å². The van der Waals surface area contributed by atoms with Gasteiger partial charge in [-0.15, -0.1) is 0 Å². The van der Waals surface area contributed by atoms with Gasteiger partial charge in [-0.2, -0.15) is 0 Å². The minimum atomic E-state index is -0.0734. The Morgan fingerprint density at radius 3 is 2.52 bits per heavy atom. The van der Waals surface area contributed by atoms with Gasteiger partial charge >= 0.3 is 0 Å². The van der Waals surface area contributed by atoms with Gasteiger partial charge < -0.3 is 10.1 Å². The second-order valence-electron chi connectivity index (χ2n) is 6.01. The largest absolute Gasteiger partial charge is 0.491 e. The molecular weight excluding hydrogens is 330 g/mol. The van der Waals surface area contributed by atoms with Crippen molar-refractivity contribution in [1.29, 1.82) is 0 Å². The fourth-order valence-electron chi connectivity index (χ4n) is 2.91. The minimum absolute atomic E-state index is 0.0734. The molecule has 1 N–H and O–H groups in total. The third-order valence-corrected chi connectivity index (χ3v) is 5.37. The van der Waals surface area contributed by atoms with Crippen LogP contribution in [0.4, 0.5) is 5.69 Å². The van der Waals surface area contributed by atoms with Gasteiger partial charge in [0, 0.05) is 17.7 Å². The number of ether oxygens (including phenoxy) is 1. The van der Waals surface area contributed by atoms with E-state index in [1.54, 1.807) is 0 Å². The molecule has 0 unspecified atom stereocenters. The highest BCUT2D eigenvalue weighted by Gasteiger charge is 2.31. The fourth-order valence-corrected chi connectivity index (χ4v) is 3.63. The number of halogens is 1. The Hall–Kier alpha value is -1.03. The van der Waals surface area contributed by atoms with E-state index in [-0.39, 0.29) is 11.3 Å². The molecule has 0 radical (unpaired) electrons. The van der Waals surface area contributed by atoms with Crippen LogP contribution in [0.25, 0.3) is 0 Å². The van der Waals surface area contributed by atoms with E-state index in [0.29, 0.717) is 6.61 Å². The predicted octanol–water partition coefficient (Wildman–Crippen LogP) is 4.76. The summed E-state index contributed by atoms with van der Waals surface area (Å²) in [6, 6.07) is 7.65. The smallest absolute Gasteiger partial charge is 0.221 e. The first-order valence-electron chi connectivity index (χ1n) is 7.71. The van der Waals surface area contributed by atoms with Crippen molar-refractivity contribution >= 4 is 27.5 Å². The summed E-state index contributed by atoms with van der Waals surface area (Å²) in [6.07, 6.45) is 7.64. The van der Waals surface area contributed by atoms with Gasteiger partial charge in [0.15, 0.2) is 0 Å². The molecule has 0 atom stereocenters. The Bertz CT molecular complexity index is 468. The van der Waals surface area contributed by atoms with Crippen molar-refractivity contribution in [3.05, 3.63) is 24.3 Å². The van der Waals surface area contributed by atoms with Crippen LogP contribution in [0.5, 0.6) is 5.75 Å². The van der Waals surface area contributed by atoms with E-state index < -0.39 is 0 Å². The summed E-state index contributed by atoms with van der Waals surface area (Å²) in [7, 11) is 0. The molecule has 0 bridgehead atoms. The molecule has 1 amide bonds. The molecule has 0 aliphatic heterocycles. The van der Waals surface area contributed by atoms with Crippen LogP contribution in [0.1, 0.15) is 45.4 Å². The van der Waals surface area contributed by atoms with Gasteiger partial charge in [-0.3, -0.25) is 4.79 Å². The van der Waals surface area contributed by atoms with E-state index in [1.165, 1.54) is 45.4 Å². The second-order valence-corrected chi connectivity index (χ2v) is 6.57. The maximum absolute atomic E-state index is 11.3. The molecule has 1 aliphatic rings. The Balaban J connectivity index is 2.05. The first-order chi connectivity index (χ1) is 10.2. The van der Waals surface area contributed by atoms with Crippen LogP contribution in [-0.2, 0) is 4.79 Å². The maximum atomic E-state index is 11.3. The minimum Gasteiger partial charge on any atom is -0.491 e. The van der Waals surface area contributed by atoms with Gasteiger partial charge in [0.1, 0.15) is 5.75 Å². The summed E-state index contributed by atoms with van der Waals surface area (Å²) < 4.78 is 6.08. The Labute approximate surface area is 135 Å². The fraction of sp³-hybridized carbons (Fsp3) is 0.588. The monoisotopic (exact) mass is 353 g/mol. The molecule has 1 aliphatic carbocycles. The normalized spacial score (nSPS) is 17.8. The zero-order valence-electron chi connectivity index (χ0n) is 12.7. The molecule has 21 heavy (non-hydrogen) atoms. The first-order valence-corrected chi connectivity index (χ1v) is 8.83. The zero-order valence-corrected chi connectivity index (χ0v) is 14.2. The number of benzene rings is 1. The van der Waals surface area contributed by atoms with Crippen molar-refractivity contribution in [2.75, 3.05) is 17.3 Å². The summed E-state index contributed by atoms with van der Waals surface area (Å²) in [5, 5.41) is 3.80. The summed E-state index contributed by atoms with van der Waals surface area (Å²) in [5.41, 5.74) is 0.975. The number of carbonyl (C=O) groups is 1. The van der Waals surface area contributed by atoms with E-state index in [9.17, 15) is 4.79 Å². The average molecular weight is 354 g/mol. The summed E-state index contributed by atoms with van der Waals surface area (Å²) in [5.74, 6) is 0.688. The van der Waals surface area contributed by atoms with Crippen LogP contribution in [0.15, 0.2) is 24.3 Å². The quantitative estimate of drug-likeness (QED) is 0.612. The molecule has 1 aromatic carbocycles. The Morgan fingerprint density at radius 2 is 1.90 bits per heavy atom. The highest BCUT2D eigenvalue weighted by atomic mass is 79.9. The van der Waals surface area contributed by atoms with Crippen molar-refractivity contribution < 1.29 is 9.53 Å². The van der Waals surface area contributed by atoms with E-state index in [2.05, 4.69) is 21.2 Å². The number of rotatable bonds is 5. The van der Waals surface area contributed by atoms with Gasteiger partial charge in [-0.05, 0) is 25.0 Å². The van der Waals surface area contributed by atoms with Gasteiger partial charge in [0.05, 0.1) is 12.3 Å². The second kappa shape index (κ2) is 7.83. The van der Waals surface area contributed by atoms with Crippen LogP contribution < -0.4 is 10.1 Å². The van der Waals surface area contributed by atoms with Crippen molar-refractivity contribution in [3.8, 4) is 5.75 Å². The van der Waals surface area contributed by atoms with E-state index in [0.717, 1.165) is 16.8 Å². The van der Waals surface area contributed by atoms with Gasteiger partial charge in [-0.1, -0.05) is 53.7 Å². The van der Waals surface area contributed by atoms with Crippen molar-refractivity contribution in [1.82, 2.24) is 0 Å². The van der Waals surface area contributed by atoms with Crippen LogP contribution in [0, 0.1) is 5.41 Å². The third-order valence-electron chi connectivity index (χ3n) is 4.18. The number of amides is 1. The molecule has 4 heteroatoms. The molecule has 0 saturated heterocycles. The predicted molar refractivity (Wildman–Crippen MR) is 90.2 cm³/mol. The Morgan fingerprint density at radius 1 is 1.24 bits per heavy atom. The molecule has 1 saturated carbocycles. The molecule has 0 heterocycles. The summed E-state index contributed by atoms with van der Waals surface area (Å²) in [6.45, 7) is 2.22. The van der Waals surface area contributed by atoms with Gasteiger partial charge in [-0.25, -0.2) is 0 Å². The molecule has 1 fully saturated rings. The average Bonchev–Trinajstić information content (AvgIpc) is 2.72. The lowest BCUT2D eigenvalue weighted by Crippen LogP contribution is -2.30. The van der Waals surface area contributed by atoms with Crippen LogP contribution in [0.3, 0.4) is 0 Å². The highest BCUT2D eigenvalue weighted by molar-refractivity contribution is 9.09. The number of hydrogen-bond acceptors (Lipinski definition) is 2. The molecule has 3 nitrogen and oxygen atoms in total. The number of carbonyl (C=O) groups excluding carboxylic acids is 1. The topological polar surface area (TPSA) is 38.3 Å². The number of anilines is 1. The molecule has 116 valence electrons. The van der Waals surface area contributed by atoms with Gasteiger partial charge in [0.25, 0.3) is 0 Å². The molecular formula is C17H24BrNO2. The Kier molecular flexibility index (Phi) is 6.09. The third kappa shape index (κ3) is 4.73. The van der Waals surface area contributed by atoms with Gasteiger partial charge in [0.2, 0.25) is 5.91 Å². The highest BCUT2D eigenvalue weighted by Crippen LogP contribution is 2.38. The first kappa shape index (κ1) is 16.3. The van der Waals surface area contributed by atoms with E-state index in [1.807, 2.05) is 24.3 Å². The number of alkyl halides is 1. The van der Waals surface area contributed by atoms with Crippen LogP contribution in [-0.4, -0.2) is 17.8 Å². The zero-order chi connectivity index (χ0) is 15.1. The van der Waals surface area contributed by atoms with Crippen molar-refractivity contribution in [2.24, 2.45) is 5.41 Å². The molecule has 0 spiro atoms. The lowest BCUT2D eigenvalue weighted by atomic mass is 9.83. The standard InChI is InChI=1S/C17H24BrNO2/c1-14(20)19-15-8-4-5-9-16(15)21-13-17(12-18)10-6-2-3-7-11-17/h4-5,8-9H,2-3,6-7,10-13H2,1H3,(H,19,20). The molecule has 0 aromatic heterocycles. The molecule has 2 rings (SSSR count).